The number of ether oxygens (including phenoxy) is 2. The number of likely N-dealkylation sites (tertiary alicyclic amines) is 1. The molecule has 0 spiro atoms. The van der Waals surface area contributed by atoms with Crippen LogP contribution in [0.15, 0.2) is 41.0 Å². The first kappa shape index (κ1) is 24.5. The van der Waals surface area contributed by atoms with Gasteiger partial charge in [0.05, 0.1) is 37.8 Å². The molecule has 2 aromatic heterocycles. The maximum atomic E-state index is 12.8. The first-order chi connectivity index (χ1) is 15.7. The van der Waals surface area contributed by atoms with Gasteiger partial charge in [0, 0.05) is 32.2 Å². The van der Waals surface area contributed by atoms with Crippen LogP contribution in [0.5, 0.6) is 5.88 Å². The molecule has 2 fully saturated rings. The van der Waals surface area contributed by atoms with Gasteiger partial charge >= 0.3 is 12.1 Å². The summed E-state index contributed by atoms with van der Waals surface area (Å²) >= 11 is 0. The summed E-state index contributed by atoms with van der Waals surface area (Å²) in [6, 6.07) is 9.28. The first-order valence-electron chi connectivity index (χ1n) is 10.2. The van der Waals surface area contributed by atoms with Crippen LogP contribution in [0.1, 0.15) is 22.7 Å². The molecule has 1 N–H and O–H groups in total. The van der Waals surface area contributed by atoms with Crippen LogP contribution in [0.25, 0.3) is 0 Å². The number of aliphatic carboxylic acids is 1. The van der Waals surface area contributed by atoms with Gasteiger partial charge < -0.3 is 23.9 Å². The second kappa shape index (κ2) is 10.7. The monoisotopic (exact) mass is 471 g/mol. The van der Waals surface area contributed by atoms with Crippen molar-refractivity contribution in [3.8, 4) is 5.88 Å². The van der Waals surface area contributed by atoms with Gasteiger partial charge in [-0.05, 0) is 24.6 Å². The summed E-state index contributed by atoms with van der Waals surface area (Å²) < 4.78 is 48.2. The molecule has 0 unspecified atom stereocenters. The number of pyridine rings is 1. The predicted molar refractivity (Wildman–Crippen MR) is 108 cm³/mol. The molecule has 180 valence electrons. The lowest BCUT2D eigenvalue weighted by molar-refractivity contribution is -0.192. The van der Waals surface area contributed by atoms with E-state index in [0.29, 0.717) is 24.8 Å². The SMILES string of the molecule is COc1cccc(CN2CC[C@@H]3OCCN(C(=O)c4ccco4)[C@H]3C2)n1.O=C(O)C(F)(F)F. The second-order valence-corrected chi connectivity index (χ2v) is 7.45. The molecule has 2 aromatic rings. The van der Waals surface area contributed by atoms with Crippen LogP contribution in [0.4, 0.5) is 13.2 Å². The van der Waals surface area contributed by atoms with E-state index in [4.69, 9.17) is 23.8 Å². The third-order valence-electron chi connectivity index (χ3n) is 5.28. The Morgan fingerprint density at radius 1 is 1.24 bits per heavy atom. The summed E-state index contributed by atoms with van der Waals surface area (Å²) in [7, 11) is 1.62. The van der Waals surface area contributed by atoms with Crippen molar-refractivity contribution in [2.24, 2.45) is 0 Å². The second-order valence-electron chi connectivity index (χ2n) is 7.45. The molecule has 0 aromatic carbocycles. The maximum absolute atomic E-state index is 12.8. The average Bonchev–Trinajstić information content (AvgIpc) is 3.33. The van der Waals surface area contributed by atoms with Crippen LogP contribution in [-0.4, -0.2) is 83.4 Å². The molecular weight excluding hydrogens is 447 g/mol. The highest BCUT2D eigenvalue weighted by Gasteiger charge is 2.40. The lowest BCUT2D eigenvalue weighted by Gasteiger charge is -2.46. The van der Waals surface area contributed by atoms with E-state index in [9.17, 15) is 18.0 Å². The van der Waals surface area contributed by atoms with Crippen LogP contribution >= 0.6 is 0 Å². The molecule has 2 aliphatic heterocycles. The molecule has 9 nitrogen and oxygen atoms in total. The number of rotatable bonds is 4. The van der Waals surface area contributed by atoms with Crippen molar-refractivity contribution < 1.29 is 41.8 Å². The van der Waals surface area contributed by atoms with E-state index in [0.717, 1.165) is 31.7 Å². The number of aromatic nitrogens is 1. The van der Waals surface area contributed by atoms with E-state index in [1.165, 1.54) is 6.26 Å². The number of amides is 1. The van der Waals surface area contributed by atoms with Gasteiger partial charge in [-0.3, -0.25) is 9.69 Å². The van der Waals surface area contributed by atoms with Crippen LogP contribution < -0.4 is 4.74 Å². The lowest BCUT2D eigenvalue weighted by Crippen LogP contribution is -2.61. The van der Waals surface area contributed by atoms with Gasteiger partial charge in [0.2, 0.25) is 5.88 Å². The average molecular weight is 471 g/mol. The summed E-state index contributed by atoms with van der Waals surface area (Å²) in [5, 5.41) is 7.12. The Morgan fingerprint density at radius 3 is 2.64 bits per heavy atom. The number of morpholine rings is 1. The van der Waals surface area contributed by atoms with Gasteiger partial charge in [-0.2, -0.15) is 13.2 Å². The Kier molecular flexibility index (Phi) is 7.92. The number of carbonyl (C=O) groups excluding carboxylic acids is 1. The van der Waals surface area contributed by atoms with Gasteiger partial charge in [0.15, 0.2) is 5.76 Å². The van der Waals surface area contributed by atoms with E-state index >= 15 is 0 Å². The number of hydrogen-bond donors (Lipinski definition) is 1. The summed E-state index contributed by atoms with van der Waals surface area (Å²) in [5.74, 6) is -1.81. The Balaban J connectivity index is 0.000000383. The largest absolute Gasteiger partial charge is 0.490 e. The Hall–Kier alpha value is -3.12. The molecule has 1 amide bonds. The van der Waals surface area contributed by atoms with Crippen LogP contribution in [0.3, 0.4) is 0 Å². The quantitative estimate of drug-likeness (QED) is 0.725. The van der Waals surface area contributed by atoms with Gasteiger partial charge in [-0.15, -0.1) is 0 Å². The van der Waals surface area contributed by atoms with Crippen molar-refractivity contribution in [3.63, 3.8) is 0 Å². The molecule has 2 atom stereocenters. The van der Waals surface area contributed by atoms with E-state index < -0.39 is 12.1 Å². The first-order valence-corrected chi connectivity index (χ1v) is 10.2. The zero-order valence-corrected chi connectivity index (χ0v) is 17.8. The number of methoxy groups -OCH3 is 1. The zero-order chi connectivity index (χ0) is 24.0. The summed E-state index contributed by atoms with van der Waals surface area (Å²) in [5.41, 5.74) is 0.962. The Bertz CT molecular complexity index is 938. The maximum Gasteiger partial charge on any atom is 0.490 e. The molecule has 0 aliphatic carbocycles. The predicted octanol–water partition coefficient (Wildman–Crippen LogP) is 2.43. The van der Waals surface area contributed by atoms with E-state index in [1.807, 2.05) is 23.1 Å². The highest BCUT2D eigenvalue weighted by atomic mass is 19.4. The number of carboxylic acids is 1. The molecular formula is C21H24F3N3O6. The Morgan fingerprint density at radius 2 is 2.00 bits per heavy atom. The van der Waals surface area contributed by atoms with Crippen LogP contribution in [0, 0.1) is 0 Å². The highest BCUT2D eigenvalue weighted by molar-refractivity contribution is 5.91. The summed E-state index contributed by atoms with van der Waals surface area (Å²) in [6.45, 7) is 3.57. The summed E-state index contributed by atoms with van der Waals surface area (Å²) in [6.07, 6.45) is -2.57. The minimum Gasteiger partial charge on any atom is -0.481 e. The molecule has 0 saturated carbocycles. The smallest absolute Gasteiger partial charge is 0.481 e. The Labute approximate surface area is 187 Å². The molecule has 33 heavy (non-hydrogen) atoms. The summed E-state index contributed by atoms with van der Waals surface area (Å²) in [4.78, 5) is 30.4. The van der Waals surface area contributed by atoms with Crippen LogP contribution in [-0.2, 0) is 16.1 Å². The zero-order valence-electron chi connectivity index (χ0n) is 17.8. The normalized spacial score (nSPS) is 20.9. The fraction of sp³-hybridized carbons (Fsp3) is 0.476. The fourth-order valence-electron chi connectivity index (χ4n) is 3.76. The standard InChI is InChI=1S/C19H23N3O4.C2HF3O2/c1-24-18-6-2-4-14(20-18)12-21-8-7-16-15(13-21)22(9-11-26-16)19(23)17-5-3-10-25-17;3-2(4,5)1(6)7/h2-6,10,15-16H,7-9,11-13H2,1H3;(H,6,7)/t15-,16-;/m0./s1. The van der Waals surface area contributed by atoms with Crippen LogP contribution in [0.2, 0.25) is 0 Å². The fourth-order valence-corrected chi connectivity index (χ4v) is 3.76. The lowest BCUT2D eigenvalue weighted by atomic mass is 9.98. The van der Waals surface area contributed by atoms with Crippen molar-refractivity contribution in [2.75, 3.05) is 33.4 Å². The molecule has 4 heterocycles. The molecule has 0 bridgehead atoms. The van der Waals surface area contributed by atoms with Crippen molar-refractivity contribution in [1.82, 2.24) is 14.8 Å². The van der Waals surface area contributed by atoms with Gasteiger partial charge in [0.25, 0.3) is 5.91 Å². The van der Waals surface area contributed by atoms with Gasteiger partial charge in [-0.1, -0.05) is 6.07 Å². The van der Waals surface area contributed by atoms with Crippen molar-refractivity contribution in [2.45, 2.75) is 31.3 Å². The number of hydrogen-bond acceptors (Lipinski definition) is 7. The minimum atomic E-state index is -5.08. The van der Waals surface area contributed by atoms with E-state index in [1.54, 1.807) is 19.2 Å². The molecule has 2 aliphatic rings. The number of furan rings is 1. The van der Waals surface area contributed by atoms with Gasteiger partial charge in [0.1, 0.15) is 0 Å². The number of nitrogens with zero attached hydrogens (tertiary/aromatic N) is 3. The number of fused-ring (bicyclic) bond motifs is 1. The van der Waals surface area contributed by atoms with E-state index in [2.05, 4.69) is 9.88 Å². The van der Waals surface area contributed by atoms with Gasteiger partial charge in [-0.25, -0.2) is 9.78 Å². The third kappa shape index (κ3) is 6.45. The molecule has 0 radical (unpaired) electrons. The highest BCUT2D eigenvalue weighted by Crippen LogP contribution is 2.26. The molecule has 12 heteroatoms. The molecule has 4 rings (SSSR count). The number of halogens is 3. The number of alkyl halides is 3. The number of piperidine rings is 1. The minimum absolute atomic E-state index is 0.0284. The van der Waals surface area contributed by atoms with Crippen molar-refractivity contribution in [1.29, 1.82) is 0 Å². The van der Waals surface area contributed by atoms with Crippen molar-refractivity contribution in [3.05, 3.63) is 48.0 Å². The van der Waals surface area contributed by atoms with Crippen molar-refractivity contribution >= 4 is 11.9 Å². The van der Waals surface area contributed by atoms with E-state index in [-0.39, 0.29) is 18.1 Å². The topological polar surface area (TPSA) is 105 Å². The third-order valence-corrected chi connectivity index (χ3v) is 5.28. The number of carboxylic acid groups (broad SMARTS) is 1. The molecule has 2 saturated heterocycles. The number of carbonyl (C=O) groups is 2.